The monoisotopic (exact) mass is 404 g/mol. The van der Waals surface area contributed by atoms with E-state index in [-0.39, 0.29) is 5.91 Å². The molecule has 1 amide bonds. The lowest BCUT2D eigenvalue weighted by Gasteiger charge is -2.25. The van der Waals surface area contributed by atoms with Gasteiger partial charge in [0.25, 0.3) is 0 Å². The minimum atomic E-state index is -3.43. The summed E-state index contributed by atoms with van der Waals surface area (Å²) in [5.74, 6) is -0.192. The van der Waals surface area contributed by atoms with E-state index >= 15 is 0 Å². The second-order valence-electron chi connectivity index (χ2n) is 7.00. The number of nitrogens with zero attached hydrogens (tertiary/aromatic N) is 1. The molecule has 138 valence electrons. The van der Waals surface area contributed by atoms with Gasteiger partial charge in [0.05, 0.1) is 10.3 Å². The highest BCUT2D eigenvalue weighted by molar-refractivity contribution is 7.89. The molecular weight excluding hydrogens is 383 g/mol. The van der Waals surface area contributed by atoms with Gasteiger partial charge in [0, 0.05) is 19.6 Å². The molecule has 1 saturated carbocycles. The molecule has 2 fully saturated rings. The zero-order valence-electron chi connectivity index (χ0n) is 14.1. The van der Waals surface area contributed by atoms with E-state index in [1.54, 1.807) is 35.5 Å². The van der Waals surface area contributed by atoms with E-state index in [9.17, 15) is 13.2 Å². The van der Waals surface area contributed by atoms with Crippen LogP contribution < -0.4 is 5.32 Å². The SMILES string of the molecule is CC1(C(=O)NCc2ccc(S(=O)(=O)N3CCCCC3)cc2)CC1(Cl)Cl. The first kappa shape index (κ1) is 19.0. The van der Waals surface area contributed by atoms with Gasteiger partial charge in [0.2, 0.25) is 15.9 Å². The van der Waals surface area contributed by atoms with E-state index in [0.717, 1.165) is 24.8 Å². The number of carbonyl (C=O) groups is 1. The predicted octanol–water partition coefficient (Wildman–Crippen LogP) is 3.06. The summed E-state index contributed by atoms with van der Waals surface area (Å²) >= 11 is 12.0. The molecule has 1 unspecified atom stereocenters. The zero-order chi connectivity index (χ0) is 18.3. The summed E-state index contributed by atoms with van der Waals surface area (Å²) in [6.07, 6.45) is 3.33. The number of alkyl halides is 2. The van der Waals surface area contributed by atoms with Gasteiger partial charge in [-0.25, -0.2) is 8.42 Å². The first-order chi connectivity index (χ1) is 11.7. The van der Waals surface area contributed by atoms with Crippen molar-refractivity contribution in [2.45, 2.75) is 48.4 Å². The fourth-order valence-corrected chi connectivity index (χ4v) is 5.28. The molecule has 1 aromatic carbocycles. The standard InChI is InChI=1S/C17H22Cl2N2O3S/c1-16(12-17(16,18)19)15(22)20-11-13-5-7-14(8-6-13)25(23,24)21-9-3-2-4-10-21/h5-8H,2-4,9-12H2,1H3,(H,20,22). The van der Waals surface area contributed by atoms with Gasteiger partial charge in [-0.15, -0.1) is 23.2 Å². The molecule has 5 nitrogen and oxygen atoms in total. The molecule has 0 bridgehead atoms. The van der Waals surface area contributed by atoms with Crippen LogP contribution in [0.5, 0.6) is 0 Å². The van der Waals surface area contributed by atoms with Crippen molar-refractivity contribution in [1.82, 2.24) is 9.62 Å². The van der Waals surface area contributed by atoms with Gasteiger partial charge < -0.3 is 5.32 Å². The number of nitrogens with one attached hydrogen (secondary N) is 1. The van der Waals surface area contributed by atoms with Gasteiger partial charge in [-0.05, 0) is 43.9 Å². The van der Waals surface area contributed by atoms with Gasteiger partial charge >= 0.3 is 0 Å². The van der Waals surface area contributed by atoms with Crippen LogP contribution in [0.25, 0.3) is 0 Å². The number of carbonyl (C=O) groups excluding carboxylic acids is 1. The van der Waals surface area contributed by atoms with Gasteiger partial charge in [-0.2, -0.15) is 4.31 Å². The number of benzene rings is 1. The summed E-state index contributed by atoms with van der Waals surface area (Å²) in [7, 11) is -3.43. The summed E-state index contributed by atoms with van der Waals surface area (Å²) in [5.41, 5.74) is 0.0677. The smallest absolute Gasteiger partial charge is 0.243 e. The quantitative estimate of drug-likeness (QED) is 0.766. The Morgan fingerprint density at radius 2 is 1.72 bits per heavy atom. The Balaban J connectivity index is 1.62. The normalized spacial score (nSPS) is 26.2. The summed E-state index contributed by atoms with van der Waals surface area (Å²) in [6.45, 7) is 3.20. The van der Waals surface area contributed by atoms with Crippen molar-refractivity contribution in [3.05, 3.63) is 29.8 Å². The maximum Gasteiger partial charge on any atom is 0.243 e. The lowest BCUT2D eigenvalue weighted by atomic mass is 10.1. The van der Waals surface area contributed by atoms with Crippen molar-refractivity contribution in [3.8, 4) is 0 Å². The van der Waals surface area contributed by atoms with Crippen molar-refractivity contribution in [3.63, 3.8) is 0 Å². The summed E-state index contributed by atoms with van der Waals surface area (Å²) in [4.78, 5) is 12.5. The molecule has 3 rings (SSSR count). The molecule has 1 heterocycles. The Kier molecular flexibility index (Phi) is 5.10. The van der Waals surface area contributed by atoms with Crippen LogP contribution in [0.15, 0.2) is 29.2 Å². The Labute approximate surface area is 158 Å². The zero-order valence-corrected chi connectivity index (χ0v) is 16.4. The fraction of sp³-hybridized carbons (Fsp3) is 0.588. The third kappa shape index (κ3) is 3.68. The molecule has 1 aliphatic heterocycles. The van der Waals surface area contributed by atoms with Gasteiger partial charge in [0.15, 0.2) is 0 Å². The van der Waals surface area contributed by atoms with Crippen LogP contribution in [-0.4, -0.2) is 36.1 Å². The lowest BCUT2D eigenvalue weighted by molar-refractivity contribution is -0.125. The molecule has 1 atom stereocenters. The third-order valence-corrected chi connectivity index (χ3v) is 8.10. The van der Waals surface area contributed by atoms with E-state index in [2.05, 4.69) is 5.32 Å². The van der Waals surface area contributed by atoms with Crippen LogP contribution >= 0.6 is 23.2 Å². The highest BCUT2D eigenvalue weighted by Gasteiger charge is 2.67. The van der Waals surface area contributed by atoms with Crippen molar-refractivity contribution in [1.29, 1.82) is 0 Å². The van der Waals surface area contributed by atoms with E-state index < -0.39 is 19.8 Å². The Bertz CT molecular complexity index is 759. The Hall–Kier alpha value is -0.820. The molecule has 2 aliphatic rings. The van der Waals surface area contributed by atoms with Crippen LogP contribution in [0.4, 0.5) is 0 Å². The predicted molar refractivity (Wildman–Crippen MR) is 98.1 cm³/mol. The summed E-state index contributed by atoms with van der Waals surface area (Å²) < 4.78 is 25.8. The maximum atomic E-state index is 12.6. The number of halogens is 2. The molecule has 1 aliphatic carbocycles. The van der Waals surface area contributed by atoms with Crippen molar-refractivity contribution >= 4 is 39.1 Å². The van der Waals surface area contributed by atoms with Crippen LogP contribution in [0.2, 0.25) is 0 Å². The molecule has 1 saturated heterocycles. The summed E-state index contributed by atoms with van der Waals surface area (Å²) in [6, 6.07) is 6.64. The second kappa shape index (κ2) is 6.72. The molecule has 1 aromatic rings. The van der Waals surface area contributed by atoms with E-state index in [4.69, 9.17) is 23.2 Å². The number of hydrogen-bond donors (Lipinski definition) is 1. The van der Waals surface area contributed by atoms with Crippen molar-refractivity contribution in [2.75, 3.05) is 13.1 Å². The van der Waals surface area contributed by atoms with Crippen LogP contribution in [0.3, 0.4) is 0 Å². The van der Waals surface area contributed by atoms with Gasteiger partial charge in [0.1, 0.15) is 4.33 Å². The van der Waals surface area contributed by atoms with E-state index in [1.165, 1.54) is 0 Å². The van der Waals surface area contributed by atoms with Crippen LogP contribution in [0, 0.1) is 5.41 Å². The Morgan fingerprint density at radius 3 is 2.24 bits per heavy atom. The molecule has 25 heavy (non-hydrogen) atoms. The number of hydrogen-bond acceptors (Lipinski definition) is 3. The number of amides is 1. The molecule has 0 aromatic heterocycles. The average Bonchev–Trinajstić information content (AvgIpc) is 3.13. The molecule has 1 N–H and O–H groups in total. The minimum absolute atomic E-state index is 0.192. The largest absolute Gasteiger partial charge is 0.351 e. The topological polar surface area (TPSA) is 66.5 Å². The average molecular weight is 405 g/mol. The first-order valence-electron chi connectivity index (χ1n) is 8.42. The minimum Gasteiger partial charge on any atom is -0.351 e. The number of sulfonamides is 1. The molecular formula is C17H22Cl2N2O3S. The molecule has 0 spiro atoms. The second-order valence-corrected chi connectivity index (χ2v) is 10.4. The molecule has 0 radical (unpaired) electrons. The highest BCUT2D eigenvalue weighted by Crippen LogP contribution is 2.63. The van der Waals surface area contributed by atoms with E-state index in [1.807, 2.05) is 0 Å². The Morgan fingerprint density at radius 1 is 1.16 bits per heavy atom. The number of piperidine rings is 1. The van der Waals surface area contributed by atoms with Crippen molar-refractivity contribution in [2.24, 2.45) is 5.41 Å². The maximum absolute atomic E-state index is 12.6. The fourth-order valence-electron chi connectivity index (χ4n) is 3.06. The van der Waals surface area contributed by atoms with Crippen molar-refractivity contribution < 1.29 is 13.2 Å². The highest BCUT2D eigenvalue weighted by atomic mass is 35.5. The van der Waals surface area contributed by atoms with Gasteiger partial charge in [-0.1, -0.05) is 18.6 Å². The lowest BCUT2D eigenvalue weighted by Crippen LogP contribution is -2.35. The van der Waals surface area contributed by atoms with Crippen LogP contribution in [-0.2, 0) is 21.4 Å². The van der Waals surface area contributed by atoms with E-state index in [0.29, 0.717) is 31.0 Å². The first-order valence-corrected chi connectivity index (χ1v) is 10.6. The van der Waals surface area contributed by atoms with Crippen LogP contribution in [0.1, 0.15) is 38.2 Å². The number of rotatable bonds is 5. The third-order valence-electron chi connectivity index (χ3n) is 5.09. The van der Waals surface area contributed by atoms with Gasteiger partial charge in [-0.3, -0.25) is 4.79 Å². The summed E-state index contributed by atoms with van der Waals surface area (Å²) in [5, 5.41) is 2.81. The molecule has 8 heteroatoms.